The van der Waals surface area contributed by atoms with E-state index in [-0.39, 0.29) is 11.7 Å². The van der Waals surface area contributed by atoms with E-state index in [0.717, 1.165) is 25.7 Å². The van der Waals surface area contributed by atoms with E-state index in [9.17, 15) is 9.59 Å². The summed E-state index contributed by atoms with van der Waals surface area (Å²) >= 11 is 0. The van der Waals surface area contributed by atoms with Crippen LogP contribution in [0.2, 0.25) is 0 Å². The first-order valence-corrected chi connectivity index (χ1v) is 7.60. The van der Waals surface area contributed by atoms with Crippen molar-refractivity contribution in [2.75, 3.05) is 6.54 Å². The van der Waals surface area contributed by atoms with Crippen LogP contribution >= 0.6 is 0 Å². The SMILES string of the molecule is C=CCNC(=O)C(=O)[C@@H](CC)CCCC.CC.CC. The summed E-state index contributed by atoms with van der Waals surface area (Å²) in [7, 11) is 0. The summed E-state index contributed by atoms with van der Waals surface area (Å²) in [6.07, 6.45) is 5.17. The molecule has 0 aliphatic carbocycles. The Morgan fingerprint density at radius 3 is 2.05 bits per heavy atom. The second-order valence-electron chi connectivity index (χ2n) is 3.61. The largest absolute Gasteiger partial charge is 0.346 e. The Kier molecular flexibility index (Phi) is 23.3. The average Bonchev–Trinajstić information content (AvgIpc) is 2.49. The fraction of sp³-hybridized carbons (Fsp3) is 0.750. The minimum Gasteiger partial charge on any atom is -0.346 e. The van der Waals surface area contributed by atoms with Crippen molar-refractivity contribution < 1.29 is 9.59 Å². The van der Waals surface area contributed by atoms with Gasteiger partial charge in [0.1, 0.15) is 0 Å². The van der Waals surface area contributed by atoms with Gasteiger partial charge in [0.15, 0.2) is 0 Å². The van der Waals surface area contributed by atoms with Crippen LogP contribution in [0.3, 0.4) is 0 Å². The maximum absolute atomic E-state index is 11.6. The van der Waals surface area contributed by atoms with Crippen LogP contribution in [0.1, 0.15) is 67.2 Å². The number of carbonyl (C=O) groups is 2. The van der Waals surface area contributed by atoms with E-state index >= 15 is 0 Å². The Morgan fingerprint density at radius 2 is 1.68 bits per heavy atom. The quantitative estimate of drug-likeness (QED) is 0.533. The maximum atomic E-state index is 11.6. The first-order chi connectivity index (χ1) is 9.17. The van der Waals surface area contributed by atoms with E-state index in [2.05, 4.69) is 18.8 Å². The second-order valence-corrected chi connectivity index (χ2v) is 3.61. The number of carbonyl (C=O) groups excluding carboxylic acids is 2. The van der Waals surface area contributed by atoms with E-state index in [0.29, 0.717) is 6.54 Å². The first kappa shape index (κ1) is 23.0. The van der Waals surface area contributed by atoms with E-state index in [1.165, 1.54) is 0 Å². The highest BCUT2D eigenvalue weighted by molar-refractivity contribution is 6.36. The van der Waals surface area contributed by atoms with Gasteiger partial charge < -0.3 is 5.32 Å². The van der Waals surface area contributed by atoms with E-state index < -0.39 is 5.91 Å². The predicted octanol–water partition coefficient (Wildman–Crippen LogP) is 4.13. The molecular formula is C16H33NO2. The molecule has 1 amide bonds. The van der Waals surface area contributed by atoms with Crippen molar-refractivity contribution in [1.29, 1.82) is 0 Å². The molecule has 0 saturated carbocycles. The Bertz CT molecular complexity index is 225. The molecule has 0 spiro atoms. The van der Waals surface area contributed by atoms with Crippen LogP contribution in [-0.2, 0) is 9.59 Å². The van der Waals surface area contributed by atoms with Gasteiger partial charge in [-0.15, -0.1) is 6.58 Å². The van der Waals surface area contributed by atoms with Crippen LogP contribution in [0.25, 0.3) is 0 Å². The van der Waals surface area contributed by atoms with E-state index in [4.69, 9.17) is 0 Å². The average molecular weight is 271 g/mol. The summed E-state index contributed by atoms with van der Waals surface area (Å²) in [5.41, 5.74) is 0. The fourth-order valence-corrected chi connectivity index (χ4v) is 1.41. The highest BCUT2D eigenvalue weighted by Crippen LogP contribution is 2.13. The van der Waals surface area contributed by atoms with Gasteiger partial charge in [0, 0.05) is 12.5 Å². The number of unbranched alkanes of at least 4 members (excludes halogenated alkanes) is 1. The molecule has 0 aromatic rings. The van der Waals surface area contributed by atoms with Gasteiger partial charge in [-0.05, 0) is 12.8 Å². The summed E-state index contributed by atoms with van der Waals surface area (Å²) in [6.45, 7) is 15.9. The number of amides is 1. The minimum atomic E-state index is -0.474. The molecule has 0 aliphatic rings. The van der Waals surface area contributed by atoms with Crippen molar-refractivity contribution in [1.82, 2.24) is 5.32 Å². The van der Waals surface area contributed by atoms with Crippen molar-refractivity contribution in [3.05, 3.63) is 12.7 Å². The predicted molar refractivity (Wildman–Crippen MR) is 84.2 cm³/mol. The van der Waals surface area contributed by atoms with Gasteiger partial charge in [0.05, 0.1) is 0 Å². The molecule has 0 heterocycles. The second kappa shape index (κ2) is 19.2. The van der Waals surface area contributed by atoms with Crippen LogP contribution in [0.15, 0.2) is 12.7 Å². The topological polar surface area (TPSA) is 46.2 Å². The van der Waals surface area contributed by atoms with Crippen molar-refractivity contribution >= 4 is 11.7 Å². The molecule has 0 aromatic carbocycles. The lowest BCUT2D eigenvalue weighted by atomic mass is 9.94. The number of Topliss-reactive ketones (excluding diaryl/α,β-unsaturated/α-hetero) is 1. The molecule has 0 aromatic heterocycles. The van der Waals surface area contributed by atoms with Crippen molar-refractivity contribution in [2.45, 2.75) is 67.2 Å². The van der Waals surface area contributed by atoms with E-state index in [1.807, 2.05) is 34.6 Å². The highest BCUT2D eigenvalue weighted by atomic mass is 16.2. The minimum absolute atomic E-state index is 0.116. The van der Waals surface area contributed by atoms with Gasteiger partial charge in [0.2, 0.25) is 5.78 Å². The maximum Gasteiger partial charge on any atom is 0.287 e. The third-order valence-electron chi connectivity index (χ3n) is 2.40. The molecule has 0 radical (unpaired) electrons. The lowest BCUT2D eigenvalue weighted by Crippen LogP contribution is -2.35. The summed E-state index contributed by atoms with van der Waals surface area (Å²) in [6, 6.07) is 0. The lowest BCUT2D eigenvalue weighted by Gasteiger charge is -2.12. The molecule has 1 atom stereocenters. The standard InChI is InChI=1S/C12H21NO2.2C2H6/c1-4-7-8-10(6-3)11(14)12(15)13-9-5-2;2*1-2/h5,10H,2,4,6-9H2,1,3H3,(H,13,15);2*1-2H3/t10-;;/m0../s1. The molecule has 19 heavy (non-hydrogen) atoms. The molecule has 3 nitrogen and oxygen atoms in total. The third-order valence-corrected chi connectivity index (χ3v) is 2.40. The van der Waals surface area contributed by atoms with Crippen LogP contribution in [0.5, 0.6) is 0 Å². The molecular weight excluding hydrogens is 238 g/mol. The van der Waals surface area contributed by atoms with E-state index in [1.54, 1.807) is 6.08 Å². The van der Waals surface area contributed by atoms with Gasteiger partial charge in [-0.2, -0.15) is 0 Å². The van der Waals surface area contributed by atoms with Gasteiger partial charge in [-0.25, -0.2) is 0 Å². The van der Waals surface area contributed by atoms with Crippen LogP contribution in [-0.4, -0.2) is 18.2 Å². The summed E-state index contributed by atoms with van der Waals surface area (Å²) in [4.78, 5) is 23.0. The smallest absolute Gasteiger partial charge is 0.287 e. The highest BCUT2D eigenvalue weighted by Gasteiger charge is 2.22. The molecule has 0 aliphatic heterocycles. The molecule has 0 unspecified atom stereocenters. The zero-order valence-electron chi connectivity index (χ0n) is 13.7. The van der Waals surface area contributed by atoms with Crippen molar-refractivity contribution in [2.24, 2.45) is 5.92 Å². The Balaban J connectivity index is -0.000000579. The number of rotatable bonds is 8. The first-order valence-electron chi connectivity index (χ1n) is 7.60. The zero-order valence-corrected chi connectivity index (χ0v) is 13.7. The Labute approximate surface area is 119 Å². The van der Waals surface area contributed by atoms with Gasteiger partial charge in [-0.1, -0.05) is 60.5 Å². The summed E-state index contributed by atoms with van der Waals surface area (Å²) in [5, 5.41) is 2.52. The molecule has 3 heteroatoms. The number of hydrogen-bond donors (Lipinski definition) is 1. The third kappa shape index (κ3) is 13.1. The van der Waals surface area contributed by atoms with Gasteiger partial charge in [-0.3, -0.25) is 9.59 Å². The van der Waals surface area contributed by atoms with Crippen molar-refractivity contribution in [3.63, 3.8) is 0 Å². The molecule has 0 bridgehead atoms. The summed E-state index contributed by atoms with van der Waals surface area (Å²) in [5.74, 6) is -0.875. The molecule has 114 valence electrons. The zero-order chi connectivity index (χ0) is 15.7. The van der Waals surface area contributed by atoms with Crippen LogP contribution < -0.4 is 5.32 Å². The fourth-order valence-electron chi connectivity index (χ4n) is 1.41. The van der Waals surface area contributed by atoms with Gasteiger partial charge >= 0.3 is 0 Å². The number of ketones is 1. The lowest BCUT2D eigenvalue weighted by molar-refractivity contribution is -0.140. The molecule has 1 N–H and O–H groups in total. The summed E-state index contributed by atoms with van der Waals surface area (Å²) < 4.78 is 0. The van der Waals surface area contributed by atoms with Crippen LogP contribution in [0.4, 0.5) is 0 Å². The Hall–Kier alpha value is -1.12. The number of nitrogens with one attached hydrogen (secondary N) is 1. The monoisotopic (exact) mass is 271 g/mol. The van der Waals surface area contributed by atoms with Gasteiger partial charge in [0.25, 0.3) is 5.91 Å². The normalized spacial score (nSPS) is 10.0. The molecule has 0 rings (SSSR count). The number of hydrogen-bond acceptors (Lipinski definition) is 2. The Morgan fingerprint density at radius 1 is 1.16 bits per heavy atom. The van der Waals surface area contributed by atoms with Crippen molar-refractivity contribution in [3.8, 4) is 0 Å². The molecule has 0 fully saturated rings. The molecule has 0 saturated heterocycles. The van der Waals surface area contributed by atoms with Crippen LogP contribution in [0, 0.1) is 5.92 Å².